The van der Waals surface area contributed by atoms with Crippen molar-refractivity contribution in [2.24, 2.45) is 0 Å². The van der Waals surface area contributed by atoms with Gasteiger partial charge in [-0.05, 0) is 56.5 Å². The predicted octanol–water partition coefficient (Wildman–Crippen LogP) is 2.90. The minimum atomic E-state index is -0.205. The van der Waals surface area contributed by atoms with E-state index in [1.165, 1.54) is 38.4 Å². The molecule has 2 aliphatic rings. The number of amides is 2. The quantitative estimate of drug-likeness (QED) is 0.930. The maximum Gasteiger partial charge on any atom is 0.317 e. The highest BCUT2D eigenvalue weighted by Gasteiger charge is 2.30. The highest BCUT2D eigenvalue weighted by Crippen LogP contribution is 2.20. The van der Waals surface area contributed by atoms with E-state index in [-0.39, 0.29) is 11.8 Å². The Hall–Kier alpha value is -1.62. The molecule has 0 spiro atoms. The van der Waals surface area contributed by atoms with E-state index in [1.807, 2.05) is 4.90 Å². The van der Waals surface area contributed by atoms with Crippen LogP contribution in [0.4, 0.5) is 9.18 Å². The van der Waals surface area contributed by atoms with Gasteiger partial charge in [-0.3, -0.25) is 4.90 Å². The van der Waals surface area contributed by atoms with Crippen molar-refractivity contribution >= 4 is 6.03 Å². The Labute approximate surface area is 137 Å². The molecule has 23 heavy (non-hydrogen) atoms. The highest BCUT2D eigenvalue weighted by atomic mass is 19.1. The molecule has 2 saturated heterocycles. The summed E-state index contributed by atoms with van der Waals surface area (Å²) in [5.74, 6) is -0.205. The second-order valence-electron chi connectivity index (χ2n) is 6.73. The van der Waals surface area contributed by atoms with Crippen LogP contribution in [-0.2, 0) is 6.54 Å². The van der Waals surface area contributed by atoms with Gasteiger partial charge < -0.3 is 10.2 Å². The number of nitrogens with zero attached hydrogens (tertiary/aromatic N) is 2. The summed E-state index contributed by atoms with van der Waals surface area (Å²) in [6.45, 7) is 6.20. The largest absolute Gasteiger partial charge is 0.334 e. The Balaban J connectivity index is 1.48. The average molecular weight is 319 g/mol. The molecule has 3 rings (SSSR count). The maximum absolute atomic E-state index is 13.3. The molecular weight excluding hydrogens is 293 g/mol. The standard InChI is InChI=1S/C18H26FN3O/c1-14-11-15(5-6-17(14)19)12-20-18(23)22-10-7-16(13-22)21-8-3-2-4-9-21/h5-6,11,16H,2-4,7-10,12-13H2,1H3,(H,20,23)/t16-/m0/s1. The highest BCUT2D eigenvalue weighted by molar-refractivity contribution is 5.74. The number of nitrogens with one attached hydrogen (secondary N) is 1. The van der Waals surface area contributed by atoms with Gasteiger partial charge in [0.1, 0.15) is 5.82 Å². The fraction of sp³-hybridized carbons (Fsp3) is 0.611. The molecule has 2 fully saturated rings. The molecule has 5 heteroatoms. The lowest BCUT2D eigenvalue weighted by atomic mass is 10.1. The minimum absolute atomic E-state index is 0.00788. The lowest BCUT2D eigenvalue weighted by molar-refractivity contribution is 0.161. The van der Waals surface area contributed by atoms with E-state index in [4.69, 9.17) is 0 Å². The molecule has 2 aliphatic heterocycles. The van der Waals surface area contributed by atoms with Crippen molar-refractivity contribution in [2.75, 3.05) is 26.2 Å². The molecule has 1 aromatic carbocycles. The Morgan fingerprint density at radius 1 is 1.26 bits per heavy atom. The predicted molar refractivity (Wildman–Crippen MR) is 88.8 cm³/mol. The second kappa shape index (κ2) is 7.30. The number of hydrogen-bond acceptors (Lipinski definition) is 2. The first-order valence-electron chi connectivity index (χ1n) is 8.65. The number of urea groups is 1. The van der Waals surface area contributed by atoms with Crippen LogP contribution in [0.25, 0.3) is 0 Å². The smallest absolute Gasteiger partial charge is 0.317 e. The topological polar surface area (TPSA) is 35.6 Å². The normalized spacial score (nSPS) is 22.3. The van der Waals surface area contributed by atoms with E-state index in [9.17, 15) is 9.18 Å². The Morgan fingerprint density at radius 2 is 2.04 bits per heavy atom. The summed E-state index contributed by atoms with van der Waals surface area (Å²) in [5.41, 5.74) is 1.55. The van der Waals surface area contributed by atoms with E-state index in [0.29, 0.717) is 18.2 Å². The summed E-state index contributed by atoms with van der Waals surface area (Å²) in [6.07, 6.45) is 4.98. The number of halogens is 1. The first-order valence-corrected chi connectivity index (χ1v) is 8.65. The molecule has 0 aromatic heterocycles. The molecule has 2 amide bonds. The number of benzene rings is 1. The van der Waals surface area contributed by atoms with Crippen LogP contribution < -0.4 is 5.32 Å². The van der Waals surface area contributed by atoms with Gasteiger partial charge in [0.05, 0.1) is 0 Å². The first-order chi connectivity index (χ1) is 11.1. The summed E-state index contributed by atoms with van der Waals surface area (Å²) in [5, 5.41) is 2.96. The van der Waals surface area contributed by atoms with Gasteiger partial charge in [-0.2, -0.15) is 0 Å². The lowest BCUT2D eigenvalue weighted by Crippen LogP contribution is -2.43. The molecule has 0 radical (unpaired) electrons. The molecule has 1 N–H and O–H groups in total. The SMILES string of the molecule is Cc1cc(CNC(=O)N2CC[C@H](N3CCCCC3)C2)ccc1F. The Morgan fingerprint density at radius 3 is 2.78 bits per heavy atom. The summed E-state index contributed by atoms with van der Waals surface area (Å²) in [7, 11) is 0. The monoisotopic (exact) mass is 319 g/mol. The maximum atomic E-state index is 13.3. The van der Waals surface area contributed by atoms with Crippen LogP contribution in [0.15, 0.2) is 18.2 Å². The molecule has 2 heterocycles. The van der Waals surface area contributed by atoms with Crippen molar-refractivity contribution in [3.63, 3.8) is 0 Å². The first kappa shape index (κ1) is 16.2. The van der Waals surface area contributed by atoms with E-state index >= 15 is 0 Å². The zero-order chi connectivity index (χ0) is 16.2. The number of aryl methyl sites for hydroxylation is 1. The number of hydrogen-bond donors (Lipinski definition) is 1. The summed E-state index contributed by atoms with van der Waals surface area (Å²) < 4.78 is 13.3. The van der Waals surface area contributed by atoms with Crippen molar-refractivity contribution in [1.82, 2.24) is 15.1 Å². The van der Waals surface area contributed by atoms with Crippen LogP contribution in [0.2, 0.25) is 0 Å². The van der Waals surface area contributed by atoms with Crippen LogP contribution in [0.5, 0.6) is 0 Å². The molecule has 0 unspecified atom stereocenters. The molecule has 126 valence electrons. The molecule has 0 saturated carbocycles. The third-order valence-corrected chi connectivity index (χ3v) is 5.02. The third-order valence-electron chi connectivity index (χ3n) is 5.02. The van der Waals surface area contributed by atoms with Crippen LogP contribution in [-0.4, -0.2) is 48.1 Å². The van der Waals surface area contributed by atoms with Gasteiger partial charge >= 0.3 is 6.03 Å². The Kier molecular flexibility index (Phi) is 5.16. The third kappa shape index (κ3) is 4.02. The van der Waals surface area contributed by atoms with Crippen molar-refractivity contribution in [3.8, 4) is 0 Å². The summed E-state index contributed by atoms with van der Waals surface area (Å²) >= 11 is 0. The van der Waals surface area contributed by atoms with Gasteiger partial charge in [0, 0.05) is 25.7 Å². The fourth-order valence-electron chi connectivity index (χ4n) is 3.61. The van der Waals surface area contributed by atoms with Crippen LogP contribution in [0.1, 0.15) is 36.8 Å². The zero-order valence-corrected chi connectivity index (χ0v) is 13.9. The van der Waals surface area contributed by atoms with E-state index in [2.05, 4.69) is 10.2 Å². The van der Waals surface area contributed by atoms with Crippen LogP contribution >= 0.6 is 0 Å². The number of carbonyl (C=O) groups excluding carboxylic acids is 1. The van der Waals surface area contributed by atoms with Gasteiger partial charge in [0.25, 0.3) is 0 Å². The molecule has 1 atom stereocenters. The molecule has 4 nitrogen and oxygen atoms in total. The second-order valence-corrected chi connectivity index (χ2v) is 6.73. The average Bonchev–Trinajstić information content (AvgIpc) is 3.06. The van der Waals surface area contributed by atoms with Gasteiger partial charge in [0.15, 0.2) is 0 Å². The van der Waals surface area contributed by atoms with Crippen LogP contribution in [0, 0.1) is 12.7 Å². The summed E-state index contributed by atoms with van der Waals surface area (Å²) in [6, 6.07) is 5.49. The van der Waals surface area contributed by atoms with Gasteiger partial charge in [-0.1, -0.05) is 18.6 Å². The van der Waals surface area contributed by atoms with Gasteiger partial charge in [0.2, 0.25) is 0 Å². The minimum Gasteiger partial charge on any atom is -0.334 e. The molecular formula is C18H26FN3O. The van der Waals surface area contributed by atoms with Gasteiger partial charge in [-0.15, -0.1) is 0 Å². The molecule has 0 bridgehead atoms. The van der Waals surface area contributed by atoms with E-state index in [1.54, 1.807) is 19.1 Å². The number of rotatable bonds is 3. The Bertz CT molecular complexity index is 557. The number of likely N-dealkylation sites (tertiary alicyclic amines) is 2. The van der Waals surface area contributed by atoms with Crippen molar-refractivity contribution in [2.45, 2.75) is 45.2 Å². The van der Waals surface area contributed by atoms with Crippen molar-refractivity contribution < 1.29 is 9.18 Å². The lowest BCUT2D eigenvalue weighted by Gasteiger charge is -2.32. The zero-order valence-electron chi connectivity index (χ0n) is 13.9. The van der Waals surface area contributed by atoms with E-state index < -0.39 is 0 Å². The molecule has 1 aromatic rings. The van der Waals surface area contributed by atoms with Crippen molar-refractivity contribution in [3.05, 3.63) is 35.1 Å². The summed E-state index contributed by atoms with van der Waals surface area (Å²) in [4.78, 5) is 16.8. The van der Waals surface area contributed by atoms with Gasteiger partial charge in [-0.25, -0.2) is 9.18 Å². The fourth-order valence-corrected chi connectivity index (χ4v) is 3.61. The van der Waals surface area contributed by atoms with Crippen LogP contribution in [0.3, 0.4) is 0 Å². The number of piperidine rings is 1. The van der Waals surface area contributed by atoms with Crippen molar-refractivity contribution in [1.29, 1.82) is 0 Å². The van der Waals surface area contributed by atoms with E-state index in [0.717, 1.165) is 25.1 Å². The molecule has 0 aliphatic carbocycles. The number of carbonyl (C=O) groups is 1.